The van der Waals surface area contributed by atoms with Gasteiger partial charge >= 0.3 is 0 Å². The Balaban J connectivity index is 2.13. The van der Waals surface area contributed by atoms with E-state index >= 15 is 0 Å². The summed E-state index contributed by atoms with van der Waals surface area (Å²) in [6.45, 7) is -0.0766. The third-order valence-electron chi connectivity index (χ3n) is 4.19. The first-order chi connectivity index (χ1) is 10.9. The molecule has 1 saturated carbocycles. The second kappa shape index (κ2) is 7.55. The van der Waals surface area contributed by atoms with E-state index in [1.807, 2.05) is 6.07 Å². The van der Waals surface area contributed by atoms with Gasteiger partial charge in [-0.2, -0.15) is 5.26 Å². The van der Waals surface area contributed by atoms with E-state index in [9.17, 15) is 17.6 Å². The van der Waals surface area contributed by atoms with Crippen LogP contribution in [0.3, 0.4) is 0 Å². The fourth-order valence-corrected chi connectivity index (χ4v) is 4.74. The van der Waals surface area contributed by atoms with Gasteiger partial charge < -0.3 is 5.32 Å². The molecule has 1 amide bonds. The lowest BCUT2D eigenvalue weighted by atomic mass is 9.80. The maximum Gasteiger partial charge on any atom is 0.224 e. The maximum atomic E-state index is 12.9. The topological polar surface area (TPSA) is 87.0 Å². The van der Waals surface area contributed by atoms with Gasteiger partial charge in [-0.05, 0) is 43.0 Å². The van der Waals surface area contributed by atoms with Crippen molar-refractivity contribution in [2.24, 2.45) is 11.8 Å². The van der Waals surface area contributed by atoms with Gasteiger partial charge in [0, 0.05) is 5.92 Å². The van der Waals surface area contributed by atoms with Crippen molar-refractivity contribution in [2.75, 3.05) is 12.3 Å². The van der Waals surface area contributed by atoms with Crippen LogP contribution in [-0.2, 0) is 14.6 Å². The third-order valence-corrected chi connectivity index (χ3v) is 6.05. The van der Waals surface area contributed by atoms with Crippen molar-refractivity contribution in [3.8, 4) is 6.07 Å². The van der Waals surface area contributed by atoms with Gasteiger partial charge in [0.25, 0.3) is 0 Å². The number of nitriles is 1. The van der Waals surface area contributed by atoms with Crippen LogP contribution in [0.5, 0.6) is 0 Å². The number of halogens is 1. The normalized spacial score (nSPS) is 21.4. The lowest BCUT2D eigenvalue weighted by molar-refractivity contribution is -0.127. The summed E-state index contributed by atoms with van der Waals surface area (Å²) in [5.74, 6) is -1.56. The number of rotatable bonds is 5. The van der Waals surface area contributed by atoms with E-state index in [1.165, 1.54) is 12.1 Å². The molecular weight excluding hydrogens is 319 g/mol. The minimum absolute atomic E-state index is 0.0701. The summed E-state index contributed by atoms with van der Waals surface area (Å²) in [4.78, 5) is 12.2. The van der Waals surface area contributed by atoms with Gasteiger partial charge in [-0.15, -0.1) is 0 Å². The lowest BCUT2D eigenvalue weighted by Gasteiger charge is -2.30. The number of nitrogens with one attached hydrogen (secondary N) is 1. The average molecular weight is 338 g/mol. The van der Waals surface area contributed by atoms with Gasteiger partial charge in [-0.25, -0.2) is 12.8 Å². The van der Waals surface area contributed by atoms with Crippen LogP contribution < -0.4 is 5.32 Å². The molecule has 1 aromatic carbocycles. The molecule has 0 heterocycles. The number of hydrogen-bond donors (Lipinski definition) is 1. The summed E-state index contributed by atoms with van der Waals surface area (Å²) < 4.78 is 37.9. The number of sulfone groups is 1. The SMILES string of the molecule is N#CCNC(=O)[C@H]1CCCC[C@@H]1CS(=O)(=O)c1ccc(F)cc1. The smallest absolute Gasteiger partial charge is 0.224 e. The first-order valence-corrected chi connectivity index (χ1v) is 9.22. The van der Waals surface area contributed by atoms with E-state index in [0.717, 1.165) is 25.0 Å². The number of carbonyl (C=O) groups excluding carboxylic acids is 1. The zero-order valence-electron chi connectivity index (χ0n) is 12.7. The average Bonchev–Trinajstić information content (AvgIpc) is 2.53. The van der Waals surface area contributed by atoms with Gasteiger partial charge in [0.15, 0.2) is 9.84 Å². The van der Waals surface area contributed by atoms with E-state index in [1.54, 1.807) is 0 Å². The highest BCUT2D eigenvalue weighted by atomic mass is 32.2. The lowest BCUT2D eigenvalue weighted by Crippen LogP contribution is -2.39. The molecule has 0 spiro atoms. The fraction of sp³-hybridized carbons (Fsp3) is 0.500. The first kappa shape index (κ1) is 17.4. The Morgan fingerprint density at radius 2 is 1.91 bits per heavy atom. The molecule has 23 heavy (non-hydrogen) atoms. The van der Waals surface area contributed by atoms with Crippen molar-refractivity contribution in [2.45, 2.75) is 30.6 Å². The van der Waals surface area contributed by atoms with E-state index in [0.29, 0.717) is 12.8 Å². The molecule has 0 radical (unpaired) electrons. The van der Waals surface area contributed by atoms with Crippen LogP contribution in [0.25, 0.3) is 0 Å². The molecule has 7 heteroatoms. The minimum atomic E-state index is -3.58. The second-order valence-corrected chi connectivity index (χ2v) is 7.80. The van der Waals surface area contributed by atoms with Crippen LogP contribution >= 0.6 is 0 Å². The van der Waals surface area contributed by atoms with Gasteiger partial charge in [0.05, 0.1) is 16.7 Å². The molecule has 1 aliphatic carbocycles. The fourth-order valence-electron chi connectivity index (χ4n) is 3.03. The summed E-state index contributed by atoms with van der Waals surface area (Å²) in [5, 5.41) is 11.1. The monoisotopic (exact) mass is 338 g/mol. The van der Waals surface area contributed by atoms with Crippen molar-refractivity contribution in [3.05, 3.63) is 30.1 Å². The number of benzene rings is 1. The molecule has 2 rings (SSSR count). The molecule has 0 saturated heterocycles. The van der Waals surface area contributed by atoms with Crippen molar-refractivity contribution < 1.29 is 17.6 Å². The molecule has 0 aliphatic heterocycles. The van der Waals surface area contributed by atoms with Crippen molar-refractivity contribution in [1.82, 2.24) is 5.32 Å². The quantitative estimate of drug-likeness (QED) is 0.657. The summed E-state index contributed by atoms with van der Waals surface area (Å²) in [7, 11) is -3.58. The number of amides is 1. The summed E-state index contributed by atoms with van der Waals surface area (Å²) in [6.07, 6.45) is 3.04. The molecule has 0 unspecified atom stereocenters. The van der Waals surface area contributed by atoms with Crippen molar-refractivity contribution in [3.63, 3.8) is 0 Å². The molecule has 1 fully saturated rings. The second-order valence-electron chi connectivity index (χ2n) is 5.76. The molecule has 1 N–H and O–H groups in total. The van der Waals surface area contributed by atoms with Gasteiger partial charge in [-0.3, -0.25) is 4.79 Å². The Kier molecular flexibility index (Phi) is 5.72. The Bertz CT molecular complexity index is 695. The van der Waals surface area contributed by atoms with Crippen LogP contribution in [0.4, 0.5) is 4.39 Å². The Hall–Kier alpha value is -1.94. The molecule has 2 atom stereocenters. The highest BCUT2D eigenvalue weighted by Crippen LogP contribution is 2.32. The first-order valence-electron chi connectivity index (χ1n) is 7.57. The standard InChI is InChI=1S/C16H19FN2O3S/c17-13-5-7-14(8-6-13)23(21,22)11-12-3-1-2-4-15(12)16(20)19-10-9-18/h5-8,12,15H,1-4,10-11H2,(H,19,20)/t12-,15+/m1/s1. The molecule has 0 aromatic heterocycles. The predicted octanol–water partition coefficient (Wildman–Crippen LogP) is 2.05. The van der Waals surface area contributed by atoms with Gasteiger partial charge in [0.2, 0.25) is 5.91 Å². The molecule has 5 nitrogen and oxygen atoms in total. The van der Waals surface area contributed by atoms with Crippen LogP contribution in [0.2, 0.25) is 0 Å². The molecule has 124 valence electrons. The van der Waals surface area contributed by atoms with Crippen LogP contribution in [-0.4, -0.2) is 26.6 Å². The number of carbonyl (C=O) groups is 1. The molecular formula is C16H19FN2O3S. The Morgan fingerprint density at radius 1 is 1.26 bits per heavy atom. The van der Waals surface area contributed by atoms with Crippen molar-refractivity contribution >= 4 is 15.7 Å². The van der Waals surface area contributed by atoms with E-state index in [2.05, 4.69) is 5.32 Å². The van der Waals surface area contributed by atoms with Crippen LogP contribution in [0, 0.1) is 29.0 Å². The number of nitrogens with zero attached hydrogens (tertiary/aromatic N) is 1. The number of hydrogen-bond acceptors (Lipinski definition) is 4. The van der Waals surface area contributed by atoms with Crippen LogP contribution in [0.1, 0.15) is 25.7 Å². The molecule has 1 aliphatic rings. The van der Waals surface area contributed by atoms with Gasteiger partial charge in [0.1, 0.15) is 12.4 Å². The zero-order chi connectivity index (χ0) is 16.9. The highest BCUT2D eigenvalue weighted by Gasteiger charge is 2.34. The van der Waals surface area contributed by atoms with Gasteiger partial charge in [-0.1, -0.05) is 12.8 Å². The van der Waals surface area contributed by atoms with E-state index in [-0.39, 0.29) is 29.0 Å². The Morgan fingerprint density at radius 3 is 2.57 bits per heavy atom. The maximum absolute atomic E-state index is 12.9. The summed E-state index contributed by atoms with van der Waals surface area (Å²) >= 11 is 0. The van der Waals surface area contributed by atoms with Crippen LogP contribution in [0.15, 0.2) is 29.2 Å². The zero-order valence-corrected chi connectivity index (χ0v) is 13.5. The van der Waals surface area contributed by atoms with E-state index in [4.69, 9.17) is 5.26 Å². The van der Waals surface area contributed by atoms with Crippen molar-refractivity contribution in [1.29, 1.82) is 5.26 Å². The summed E-state index contributed by atoms with van der Waals surface area (Å²) in [5.41, 5.74) is 0. The minimum Gasteiger partial charge on any atom is -0.343 e. The molecule has 1 aromatic rings. The third kappa shape index (κ3) is 4.52. The van der Waals surface area contributed by atoms with E-state index < -0.39 is 21.6 Å². The highest BCUT2D eigenvalue weighted by molar-refractivity contribution is 7.91. The summed E-state index contributed by atoms with van der Waals surface area (Å²) in [6, 6.07) is 6.57. The Labute approximate surface area is 135 Å². The largest absolute Gasteiger partial charge is 0.343 e. The molecule has 0 bridgehead atoms. The predicted molar refractivity (Wildman–Crippen MR) is 82.5 cm³/mol.